The molecule has 0 radical (unpaired) electrons. The maximum absolute atomic E-state index is 13.6. The molecular formula is C33H40ClF6N3O6S2. The molecule has 0 saturated heterocycles. The van der Waals surface area contributed by atoms with Crippen LogP contribution < -0.4 is 11.5 Å². The third-order valence-corrected chi connectivity index (χ3v) is 13.9. The number of alkyl halides is 6. The normalized spacial score (nSPS) is 16.6. The van der Waals surface area contributed by atoms with Crippen molar-refractivity contribution in [1.82, 2.24) is 0 Å². The molecule has 0 unspecified atom stereocenters. The topological polar surface area (TPSA) is 167 Å². The Balaban J connectivity index is 0.000000277. The minimum atomic E-state index is -4.95. The number of carbonyl (C=O) groups is 2. The highest BCUT2D eigenvalue weighted by Gasteiger charge is 2.42. The first kappa shape index (κ1) is 42.2. The SMILES string of the molecule is CCc1cc(S(=O)(=O)C2CCCCC2)c(C(F)(F)F)cc1C(=O)Cl.CCc1cc(S(=O)(=O)C2CCCCC2)c(C(F)(F)F)cc1C(=O)N=C(N)N. The van der Waals surface area contributed by atoms with E-state index < -0.39 is 80.6 Å². The highest BCUT2D eigenvalue weighted by molar-refractivity contribution is 7.92. The monoisotopic (exact) mass is 787 g/mol. The summed E-state index contributed by atoms with van der Waals surface area (Å²) in [6, 6.07) is 3.04. The molecule has 2 aromatic rings. The Kier molecular flexibility index (Phi) is 13.8. The van der Waals surface area contributed by atoms with Gasteiger partial charge in [0.1, 0.15) is 0 Å². The van der Waals surface area contributed by atoms with E-state index in [1.165, 1.54) is 0 Å². The van der Waals surface area contributed by atoms with E-state index in [0.717, 1.165) is 25.0 Å². The lowest BCUT2D eigenvalue weighted by Gasteiger charge is -2.24. The Labute approximate surface area is 298 Å². The van der Waals surface area contributed by atoms with Crippen LogP contribution in [0, 0.1) is 0 Å². The summed E-state index contributed by atoms with van der Waals surface area (Å²) in [7, 11) is -8.32. The Bertz CT molecular complexity index is 1860. The number of sulfone groups is 2. The highest BCUT2D eigenvalue weighted by atomic mass is 35.5. The number of aryl methyl sites for hydroxylation is 2. The van der Waals surface area contributed by atoms with Gasteiger partial charge in [-0.3, -0.25) is 9.59 Å². The molecule has 2 saturated carbocycles. The predicted octanol–water partition coefficient (Wildman–Crippen LogP) is 7.54. The second-order valence-corrected chi connectivity index (χ2v) is 17.2. The number of guanidine groups is 1. The molecule has 2 aromatic carbocycles. The largest absolute Gasteiger partial charge is 0.417 e. The van der Waals surface area contributed by atoms with Crippen LogP contribution in [-0.2, 0) is 44.9 Å². The number of aliphatic imine (C=N–C) groups is 1. The van der Waals surface area contributed by atoms with Crippen LogP contribution in [0.1, 0.15) is 121 Å². The first-order valence-electron chi connectivity index (χ1n) is 16.4. The molecule has 0 spiro atoms. The van der Waals surface area contributed by atoms with Crippen molar-refractivity contribution in [3.8, 4) is 0 Å². The summed E-state index contributed by atoms with van der Waals surface area (Å²) in [6.45, 7) is 3.23. The zero-order valence-corrected chi connectivity index (χ0v) is 30.4. The molecule has 2 aliphatic carbocycles. The molecule has 51 heavy (non-hydrogen) atoms. The van der Waals surface area contributed by atoms with E-state index in [1.54, 1.807) is 13.8 Å². The van der Waals surface area contributed by atoms with Gasteiger partial charge in [-0.1, -0.05) is 52.4 Å². The first-order valence-corrected chi connectivity index (χ1v) is 19.8. The average Bonchev–Trinajstić information content (AvgIpc) is 3.06. The number of hydrogen-bond acceptors (Lipinski definition) is 6. The van der Waals surface area contributed by atoms with E-state index in [1.807, 2.05) is 0 Å². The maximum atomic E-state index is 13.6. The van der Waals surface area contributed by atoms with Gasteiger partial charge >= 0.3 is 12.4 Å². The summed E-state index contributed by atoms with van der Waals surface area (Å²) in [5.41, 5.74) is 7.28. The Morgan fingerprint density at radius 1 is 0.686 bits per heavy atom. The van der Waals surface area contributed by atoms with Gasteiger partial charge in [0.2, 0.25) is 0 Å². The minimum absolute atomic E-state index is 0.145. The molecule has 2 aliphatic rings. The Hall–Kier alpha value is -3.18. The summed E-state index contributed by atoms with van der Waals surface area (Å²) in [4.78, 5) is 25.3. The van der Waals surface area contributed by atoms with E-state index in [2.05, 4.69) is 4.99 Å². The average molecular weight is 788 g/mol. The van der Waals surface area contributed by atoms with Crippen LogP contribution in [0.25, 0.3) is 0 Å². The van der Waals surface area contributed by atoms with Crippen molar-refractivity contribution in [1.29, 1.82) is 0 Å². The van der Waals surface area contributed by atoms with Gasteiger partial charge in [0.05, 0.1) is 31.4 Å². The Morgan fingerprint density at radius 2 is 1.04 bits per heavy atom. The smallest absolute Gasteiger partial charge is 0.370 e. The molecule has 1 amide bonds. The van der Waals surface area contributed by atoms with Crippen molar-refractivity contribution in [3.63, 3.8) is 0 Å². The molecule has 284 valence electrons. The van der Waals surface area contributed by atoms with Crippen LogP contribution in [0.2, 0.25) is 0 Å². The lowest BCUT2D eigenvalue weighted by atomic mass is 10.0. The van der Waals surface area contributed by atoms with Gasteiger partial charge in [-0.05, 0) is 85.5 Å². The summed E-state index contributed by atoms with van der Waals surface area (Å²) >= 11 is 5.37. The molecule has 4 rings (SSSR count). The van der Waals surface area contributed by atoms with Gasteiger partial charge in [0.25, 0.3) is 11.1 Å². The van der Waals surface area contributed by atoms with Gasteiger partial charge in [-0.2, -0.15) is 31.3 Å². The fourth-order valence-corrected chi connectivity index (χ4v) is 10.8. The molecule has 0 aliphatic heterocycles. The quantitative estimate of drug-likeness (QED) is 0.120. The second-order valence-electron chi connectivity index (χ2n) is 12.4. The molecule has 4 N–H and O–H groups in total. The lowest BCUT2D eigenvalue weighted by Crippen LogP contribution is -2.27. The number of carbonyl (C=O) groups excluding carboxylic acids is 2. The lowest BCUT2D eigenvalue weighted by molar-refractivity contribution is -0.140. The zero-order chi connectivity index (χ0) is 38.5. The summed E-state index contributed by atoms with van der Waals surface area (Å²) in [6.07, 6.45) is -3.66. The van der Waals surface area contributed by atoms with Gasteiger partial charge in [0.15, 0.2) is 25.6 Å². The summed E-state index contributed by atoms with van der Waals surface area (Å²) in [5, 5.41) is -2.69. The molecule has 9 nitrogen and oxygen atoms in total. The van der Waals surface area contributed by atoms with Crippen molar-refractivity contribution in [2.45, 2.75) is 124 Å². The van der Waals surface area contributed by atoms with Gasteiger partial charge in [-0.15, -0.1) is 0 Å². The number of nitrogens with zero attached hydrogens (tertiary/aromatic N) is 1. The van der Waals surface area contributed by atoms with Gasteiger partial charge < -0.3 is 11.5 Å². The highest BCUT2D eigenvalue weighted by Crippen LogP contribution is 2.41. The van der Waals surface area contributed by atoms with E-state index >= 15 is 0 Å². The van der Waals surface area contributed by atoms with Gasteiger partial charge in [-0.25, -0.2) is 16.8 Å². The zero-order valence-electron chi connectivity index (χ0n) is 28.0. The summed E-state index contributed by atoms with van der Waals surface area (Å²) < 4.78 is 133. The van der Waals surface area contributed by atoms with E-state index in [9.17, 15) is 52.8 Å². The molecule has 0 bridgehead atoms. The van der Waals surface area contributed by atoms with Crippen molar-refractivity contribution in [2.24, 2.45) is 16.5 Å². The molecule has 2 fully saturated rings. The number of benzene rings is 2. The Morgan fingerprint density at radius 3 is 1.35 bits per heavy atom. The van der Waals surface area contributed by atoms with Crippen LogP contribution in [0.4, 0.5) is 26.3 Å². The third kappa shape index (κ3) is 10.0. The number of rotatable bonds is 8. The number of halogens is 7. The number of hydrogen-bond donors (Lipinski definition) is 2. The van der Waals surface area contributed by atoms with Crippen molar-refractivity contribution < 1.29 is 52.8 Å². The van der Waals surface area contributed by atoms with Crippen LogP contribution in [0.3, 0.4) is 0 Å². The third-order valence-electron chi connectivity index (χ3n) is 9.05. The van der Waals surface area contributed by atoms with Crippen LogP contribution in [-0.4, -0.2) is 44.4 Å². The van der Waals surface area contributed by atoms with Gasteiger partial charge in [0, 0.05) is 11.1 Å². The van der Waals surface area contributed by atoms with Crippen LogP contribution in [0.15, 0.2) is 39.0 Å². The molecular weight excluding hydrogens is 748 g/mol. The standard InChI is InChI=1S/C17H22F3N3O3S.C16H18ClF3O3S/c1-2-10-8-14(27(25,26)11-6-4-3-5-7-11)13(17(18,19)20)9-12(10)15(24)23-16(21)22;1-2-10-8-14(24(22,23)11-6-4-3-5-7-11)13(16(18,19)20)9-12(10)15(17)21/h8-9,11H,2-7H2,1H3,(H4,21,22,23,24);8-9,11H,2-7H2,1H3. The molecule has 18 heteroatoms. The second kappa shape index (κ2) is 16.7. The van der Waals surface area contributed by atoms with Crippen molar-refractivity contribution in [3.05, 3.63) is 57.6 Å². The number of amides is 1. The van der Waals surface area contributed by atoms with E-state index in [0.29, 0.717) is 63.5 Å². The molecule has 0 heterocycles. The van der Waals surface area contributed by atoms with Crippen molar-refractivity contribution in [2.75, 3.05) is 0 Å². The van der Waals surface area contributed by atoms with E-state index in [4.69, 9.17) is 23.1 Å². The van der Waals surface area contributed by atoms with Crippen LogP contribution in [0.5, 0.6) is 0 Å². The first-order chi connectivity index (χ1) is 23.6. The van der Waals surface area contributed by atoms with Crippen LogP contribution >= 0.6 is 11.6 Å². The molecule has 0 atom stereocenters. The maximum Gasteiger partial charge on any atom is 0.417 e. The summed E-state index contributed by atoms with van der Waals surface area (Å²) in [5.74, 6) is -1.63. The molecule has 0 aromatic heterocycles. The predicted molar refractivity (Wildman–Crippen MR) is 180 cm³/mol. The van der Waals surface area contributed by atoms with Crippen molar-refractivity contribution >= 4 is 48.4 Å². The minimum Gasteiger partial charge on any atom is -0.370 e. The fourth-order valence-electron chi connectivity index (χ4n) is 6.41. The fraction of sp³-hybridized carbons (Fsp3) is 0.545. The number of nitrogens with two attached hydrogens (primary N) is 2. The van der Waals surface area contributed by atoms with E-state index in [-0.39, 0.29) is 35.1 Å².